The Bertz CT molecular complexity index is 137. The maximum Gasteiger partial charge on any atom is -0.0363 e. The third-order valence-electron chi connectivity index (χ3n) is 4.40. The van der Waals surface area contributed by atoms with Crippen LogP contribution in [-0.2, 0) is 0 Å². The van der Waals surface area contributed by atoms with Crippen molar-refractivity contribution in [1.82, 2.24) is 0 Å². The van der Waals surface area contributed by atoms with Gasteiger partial charge in [-0.3, -0.25) is 0 Å². The van der Waals surface area contributed by atoms with Crippen LogP contribution in [0.2, 0.25) is 0 Å². The average Bonchev–Trinajstić information content (AvgIpc) is 2.16. The van der Waals surface area contributed by atoms with Gasteiger partial charge in [-0.25, -0.2) is 0 Å². The zero-order valence-electron chi connectivity index (χ0n) is 11.3. The van der Waals surface area contributed by atoms with Gasteiger partial charge < -0.3 is 0 Å². The van der Waals surface area contributed by atoms with Gasteiger partial charge in [-0.1, -0.05) is 61.3 Å². The maximum atomic E-state index is 2.45. The van der Waals surface area contributed by atoms with Crippen molar-refractivity contribution in [2.75, 3.05) is 0 Å². The molecule has 4 unspecified atom stereocenters. The lowest BCUT2D eigenvalue weighted by Gasteiger charge is -2.34. The Balaban J connectivity index is 4.37. The summed E-state index contributed by atoms with van der Waals surface area (Å²) < 4.78 is 0. The van der Waals surface area contributed by atoms with Gasteiger partial charge in [0.1, 0.15) is 0 Å². The monoisotopic (exact) mass is 198 g/mol. The molecule has 0 bridgehead atoms. The van der Waals surface area contributed by atoms with Gasteiger partial charge in [-0.2, -0.15) is 0 Å². The Morgan fingerprint density at radius 3 is 1.50 bits per heavy atom. The van der Waals surface area contributed by atoms with Crippen molar-refractivity contribution in [1.29, 1.82) is 0 Å². The highest BCUT2D eigenvalue weighted by Crippen LogP contribution is 2.34. The lowest BCUT2D eigenvalue weighted by Crippen LogP contribution is -2.26. The van der Waals surface area contributed by atoms with Gasteiger partial charge in [-0.15, -0.1) is 0 Å². The molecule has 86 valence electrons. The summed E-state index contributed by atoms with van der Waals surface area (Å²) in [5.41, 5.74) is 0. The van der Waals surface area contributed by atoms with E-state index >= 15 is 0 Å². The second kappa shape index (κ2) is 6.48. The summed E-state index contributed by atoms with van der Waals surface area (Å²) in [5, 5.41) is 0. The Hall–Kier alpha value is 0. The molecule has 0 aromatic rings. The Kier molecular flexibility index (Phi) is 6.48. The molecule has 0 aliphatic heterocycles. The molecule has 0 aliphatic carbocycles. The summed E-state index contributed by atoms with van der Waals surface area (Å²) in [6, 6.07) is 0. The SMILES string of the molecule is CCC(C)C(CC)C(C)C(C)C(C)C. The van der Waals surface area contributed by atoms with Crippen LogP contribution in [0.4, 0.5) is 0 Å². The molecule has 0 N–H and O–H groups in total. The molecule has 0 fully saturated rings. The lowest BCUT2D eigenvalue weighted by molar-refractivity contribution is 0.154. The summed E-state index contributed by atoms with van der Waals surface area (Å²) in [5.74, 6) is 4.35. The Labute approximate surface area is 91.5 Å². The van der Waals surface area contributed by atoms with Crippen LogP contribution in [0.15, 0.2) is 0 Å². The molecule has 0 aromatic carbocycles. The average molecular weight is 198 g/mol. The van der Waals surface area contributed by atoms with Crippen LogP contribution in [0, 0.1) is 29.6 Å². The van der Waals surface area contributed by atoms with Crippen molar-refractivity contribution < 1.29 is 0 Å². The van der Waals surface area contributed by atoms with E-state index in [9.17, 15) is 0 Å². The van der Waals surface area contributed by atoms with E-state index in [4.69, 9.17) is 0 Å². The fourth-order valence-corrected chi connectivity index (χ4v) is 2.59. The van der Waals surface area contributed by atoms with E-state index in [1.54, 1.807) is 0 Å². The van der Waals surface area contributed by atoms with Gasteiger partial charge in [0.15, 0.2) is 0 Å². The zero-order chi connectivity index (χ0) is 11.3. The maximum absolute atomic E-state index is 2.45. The third-order valence-corrected chi connectivity index (χ3v) is 4.40. The van der Waals surface area contributed by atoms with Gasteiger partial charge in [0, 0.05) is 0 Å². The third kappa shape index (κ3) is 3.63. The molecule has 0 saturated heterocycles. The van der Waals surface area contributed by atoms with Crippen molar-refractivity contribution >= 4 is 0 Å². The fourth-order valence-electron chi connectivity index (χ4n) is 2.59. The number of hydrogen-bond acceptors (Lipinski definition) is 0. The molecule has 0 aromatic heterocycles. The van der Waals surface area contributed by atoms with Gasteiger partial charge >= 0.3 is 0 Å². The minimum Gasteiger partial charge on any atom is -0.0651 e. The first kappa shape index (κ1) is 14.0. The smallest absolute Gasteiger partial charge is 0.0363 e. The fraction of sp³-hybridized carbons (Fsp3) is 1.00. The van der Waals surface area contributed by atoms with Gasteiger partial charge in [0.05, 0.1) is 0 Å². The lowest BCUT2D eigenvalue weighted by atomic mass is 9.72. The van der Waals surface area contributed by atoms with E-state index in [1.165, 1.54) is 12.8 Å². The van der Waals surface area contributed by atoms with Crippen molar-refractivity contribution in [2.45, 2.75) is 61.3 Å². The van der Waals surface area contributed by atoms with Crippen LogP contribution < -0.4 is 0 Å². The van der Waals surface area contributed by atoms with E-state index in [0.717, 1.165) is 29.6 Å². The minimum absolute atomic E-state index is 0.822. The summed E-state index contributed by atoms with van der Waals surface area (Å²) in [6.45, 7) is 16.7. The molecule has 0 heteroatoms. The summed E-state index contributed by atoms with van der Waals surface area (Å²) in [7, 11) is 0. The predicted octanol–water partition coefficient (Wildman–Crippen LogP) is 4.99. The van der Waals surface area contributed by atoms with Crippen LogP contribution >= 0.6 is 0 Å². The molecule has 0 aliphatic rings. The molecular formula is C14H30. The van der Waals surface area contributed by atoms with Crippen molar-refractivity contribution in [3.63, 3.8) is 0 Å². The van der Waals surface area contributed by atoms with Gasteiger partial charge in [0.25, 0.3) is 0 Å². The summed E-state index contributed by atoms with van der Waals surface area (Å²) >= 11 is 0. The van der Waals surface area contributed by atoms with E-state index in [2.05, 4.69) is 48.5 Å². The predicted molar refractivity (Wildman–Crippen MR) is 66.4 cm³/mol. The highest BCUT2D eigenvalue weighted by Gasteiger charge is 2.26. The molecule has 4 atom stereocenters. The number of rotatable bonds is 6. The van der Waals surface area contributed by atoms with E-state index in [-0.39, 0.29) is 0 Å². The Morgan fingerprint density at radius 2 is 1.21 bits per heavy atom. The van der Waals surface area contributed by atoms with E-state index in [0.29, 0.717) is 0 Å². The van der Waals surface area contributed by atoms with Crippen LogP contribution in [0.1, 0.15) is 61.3 Å². The van der Waals surface area contributed by atoms with Crippen LogP contribution in [-0.4, -0.2) is 0 Å². The first-order valence-corrected chi connectivity index (χ1v) is 6.45. The van der Waals surface area contributed by atoms with Gasteiger partial charge in [0.2, 0.25) is 0 Å². The highest BCUT2D eigenvalue weighted by atomic mass is 14.3. The Morgan fingerprint density at radius 1 is 0.714 bits per heavy atom. The minimum atomic E-state index is 0.822. The second-order valence-corrected chi connectivity index (χ2v) is 5.42. The largest absolute Gasteiger partial charge is 0.0651 e. The normalized spacial score (nSPS) is 20.6. The first-order chi connectivity index (χ1) is 6.45. The van der Waals surface area contributed by atoms with E-state index < -0.39 is 0 Å². The van der Waals surface area contributed by atoms with Crippen molar-refractivity contribution in [3.05, 3.63) is 0 Å². The van der Waals surface area contributed by atoms with E-state index in [1.807, 2.05) is 0 Å². The molecule has 0 radical (unpaired) electrons. The molecule has 14 heavy (non-hydrogen) atoms. The van der Waals surface area contributed by atoms with Crippen molar-refractivity contribution in [2.24, 2.45) is 29.6 Å². The molecule has 0 spiro atoms. The highest BCUT2D eigenvalue weighted by molar-refractivity contribution is 4.75. The molecule has 0 heterocycles. The molecule has 0 saturated carbocycles. The summed E-state index contributed by atoms with van der Waals surface area (Å²) in [4.78, 5) is 0. The van der Waals surface area contributed by atoms with Crippen LogP contribution in [0.25, 0.3) is 0 Å². The summed E-state index contributed by atoms with van der Waals surface area (Å²) in [6.07, 6.45) is 2.67. The van der Waals surface area contributed by atoms with Crippen LogP contribution in [0.3, 0.4) is 0 Å². The topological polar surface area (TPSA) is 0 Å². The number of hydrogen-bond donors (Lipinski definition) is 0. The second-order valence-electron chi connectivity index (χ2n) is 5.42. The zero-order valence-corrected chi connectivity index (χ0v) is 11.3. The molecule has 0 rings (SSSR count). The van der Waals surface area contributed by atoms with Crippen LogP contribution in [0.5, 0.6) is 0 Å². The molecular weight excluding hydrogens is 168 g/mol. The standard InChI is InChI=1S/C14H30/c1-8-11(5)14(9-2)13(7)12(6)10(3)4/h10-14H,8-9H2,1-7H3. The molecule has 0 amide bonds. The first-order valence-electron chi connectivity index (χ1n) is 6.45. The van der Waals surface area contributed by atoms with Crippen molar-refractivity contribution in [3.8, 4) is 0 Å². The van der Waals surface area contributed by atoms with Gasteiger partial charge in [-0.05, 0) is 29.6 Å². The quantitative estimate of drug-likeness (QED) is 0.564. The molecule has 0 nitrogen and oxygen atoms in total.